The normalized spacial score (nSPS) is 12.0. The molecule has 0 fully saturated rings. The Morgan fingerprint density at radius 2 is 1.30 bits per heavy atom. The maximum atomic E-state index is 13.1. The fourth-order valence-corrected chi connectivity index (χ4v) is 5.80. The molecule has 1 atom stereocenters. The standard InChI is InChI=1S/C37H34N6O3/c1-26(27-15-7-3-8-16-27)39-36(45)40-33-23-32-31(24-38-33)35(41-34(44)25-46-2)42-43(32)37(28-17-9-4-10-18-28,29-19-11-5-12-20-29)30-21-13-6-14-22-30/h3-24,26H,25H2,1-2H3,(H,41,42,44)(H2,38,39,40,45). The van der Waals surface area contributed by atoms with Crippen LogP contribution < -0.4 is 16.0 Å². The molecule has 0 aliphatic carbocycles. The van der Waals surface area contributed by atoms with E-state index in [2.05, 4.69) is 57.3 Å². The number of nitrogens with zero attached hydrogens (tertiary/aromatic N) is 3. The molecule has 2 aromatic heterocycles. The van der Waals surface area contributed by atoms with Gasteiger partial charge in [-0.3, -0.25) is 10.1 Å². The quantitative estimate of drug-likeness (QED) is 0.149. The van der Waals surface area contributed by atoms with E-state index in [0.29, 0.717) is 22.5 Å². The number of hydrogen-bond acceptors (Lipinski definition) is 5. The van der Waals surface area contributed by atoms with Gasteiger partial charge in [-0.05, 0) is 29.2 Å². The van der Waals surface area contributed by atoms with Crippen LogP contribution in [0, 0.1) is 0 Å². The van der Waals surface area contributed by atoms with Crippen LogP contribution in [0.5, 0.6) is 0 Å². The molecule has 3 amide bonds. The summed E-state index contributed by atoms with van der Waals surface area (Å²) in [5.74, 6) is 0.296. The van der Waals surface area contributed by atoms with Gasteiger partial charge in [-0.1, -0.05) is 121 Å². The number of carbonyl (C=O) groups excluding carboxylic acids is 2. The first kappa shape index (κ1) is 30.2. The van der Waals surface area contributed by atoms with E-state index in [1.54, 1.807) is 12.3 Å². The SMILES string of the molecule is COCC(=O)Nc1nn(C(c2ccccc2)(c2ccccc2)c2ccccc2)c2cc(NC(=O)NC(C)c3ccccc3)ncc12. The maximum absolute atomic E-state index is 13.1. The van der Waals surface area contributed by atoms with Gasteiger partial charge in [0.25, 0.3) is 5.91 Å². The van der Waals surface area contributed by atoms with Crippen molar-refractivity contribution in [1.82, 2.24) is 20.1 Å². The number of nitrogens with one attached hydrogen (secondary N) is 3. The predicted octanol–water partition coefficient (Wildman–Crippen LogP) is 6.74. The van der Waals surface area contributed by atoms with Crippen LogP contribution in [-0.2, 0) is 15.1 Å². The van der Waals surface area contributed by atoms with Crippen LogP contribution in [0.2, 0.25) is 0 Å². The van der Waals surface area contributed by atoms with Crippen molar-refractivity contribution >= 4 is 34.5 Å². The van der Waals surface area contributed by atoms with Gasteiger partial charge in [-0.25, -0.2) is 14.5 Å². The molecule has 9 heteroatoms. The van der Waals surface area contributed by atoms with E-state index in [-0.39, 0.29) is 18.6 Å². The number of rotatable bonds is 10. The molecule has 0 aliphatic rings. The number of ether oxygens (including phenoxy) is 1. The van der Waals surface area contributed by atoms with E-state index in [4.69, 9.17) is 9.84 Å². The molecule has 0 aliphatic heterocycles. The zero-order valence-corrected chi connectivity index (χ0v) is 25.6. The minimum Gasteiger partial charge on any atom is -0.375 e. The highest BCUT2D eigenvalue weighted by Crippen LogP contribution is 2.43. The molecule has 46 heavy (non-hydrogen) atoms. The third kappa shape index (κ3) is 5.96. The number of anilines is 2. The van der Waals surface area contributed by atoms with Crippen LogP contribution in [0.15, 0.2) is 134 Å². The Bertz CT molecular complexity index is 1830. The number of pyridine rings is 1. The number of urea groups is 1. The molecule has 230 valence electrons. The van der Waals surface area contributed by atoms with Gasteiger partial charge in [0.05, 0.1) is 16.9 Å². The second-order valence-electron chi connectivity index (χ2n) is 10.9. The van der Waals surface area contributed by atoms with Crippen LogP contribution in [0.3, 0.4) is 0 Å². The molecule has 0 saturated carbocycles. The minimum atomic E-state index is -0.977. The summed E-state index contributed by atoms with van der Waals surface area (Å²) in [6.07, 6.45) is 1.61. The molecule has 6 aromatic rings. The van der Waals surface area contributed by atoms with E-state index >= 15 is 0 Å². The Hall–Kier alpha value is -5.80. The lowest BCUT2D eigenvalue weighted by atomic mass is 9.77. The van der Waals surface area contributed by atoms with Gasteiger partial charge in [-0.2, -0.15) is 5.10 Å². The van der Waals surface area contributed by atoms with Crippen molar-refractivity contribution < 1.29 is 14.3 Å². The van der Waals surface area contributed by atoms with Gasteiger partial charge >= 0.3 is 6.03 Å². The summed E-state index contributed by atoms with van der Waals surface area (Å²) in [7, 11) is 1.46. The van der Waals surface area contributed by atoms with Crippen LogP contribution >= 0.6 is 0 Å². The molecule has 0 bridgehead atoms. The van der Waals surface area contributed by atoms with E-state index in [1.807, 2.05) is 96.5 Å². The van der Waals surface area contributed by atoms with Gasteiger partial charge in [0, 0.05) is 19.4 Å². The van der Waals surface area contributed by atoms with Crippen molar-refractivity contribution in [3.8, 4) is 0 Å². The molecular weight excluding hydrogens is 576 g/mol. The molecule has 9 nitrogen and oxygen atoms in total. The zero-order valence-electron chi connectivity index (χ0n) is 25.6. The largest absolute Gasteiger partial charge is 0.375 e. The molecule has 0 radical (unpaired) electrons. The predicted molar refractivity (Wildman–Crippen MR) is 180 cm³/mol. The fourth-order valence-electron chi connectivity index (χ4n) is 5.80. The van der Waals surface area contributed by atoms with Gasteiger partial charge < -0.3 is 15.4 Å². The Morgan fingerprint density at radius 3 is 1.83 bits per heavy atom. The van der Waals surface area contributed by atoms with Gasteiger partial charge in [0.15, 0.2) is 5.82 Å². The summed E-state index contributed by atoms with van der Waals surface area (Å²) in [4.78, 5) is 30.5. The third-order valence-corrected chi connectivity index (χ3v) is 7.88. The van der Waals surface area contributed by atoms with Gasteiger partial charge in [-0.15, -0.1) is 0 Å². The van der Waals surface area contributed by atoms with E-state index in [0.717, 1.165) is 22.3 Å². The minimum absolute atomic E-state index is 0.137. The Balaban J connectivity index is 1.54. The highest BCUT2D eigenvalue weighted by atomic mass is 16.5. The summed E-state index contributed by atoms with van der Waals surface area (Å²) in [6.45, 7) is 1.78. The third-order valence-electron chi connectivity index (χ3n) is 7.88. The molecule has 0 saturated heterocycles. The highest BCUT2D eigenvalue weighted by molar-refractivity contribution is 6.01. The lowest BCUT2D eigenvalue weighted by Gasteiger charge is -2.37. The average molecular weight is 611 g/mol. The van der Waals surface area contributed by atoms with Crippen LogP contribution in [0.1, 0.15) is 35.2 Å². The molecule has 4 aromatic carbocycles. The molecule has 3 N–H and O–H groups in total. The summed E-state index contributed by atoms with van der Waals surface area (Å²) >= 11 is 0. The van der Waals surface area contributed by atoms with E-state index in [1.165, 1.54) is 7.11 Å². The number of methoxy groups -OCH3 is 1. The Morgan fingerprint density at radius 1 is 0.783 bits per heavy atom. The fraction of sp³-hybridized carbons (Fsp3) is 0.135. The van der Waals surface area contributed by atoms with Gasteiger partial charge in [0.1, 0.15) is 18.0 Å². The van der Waals surface area contributed by atoms with Crippen molar-refractivity contribution in [2.24, 2.45) is 0 Å². The Kier molecular flexibility index (Phi) is 8.84. The van der Waals surface area contributed by atoms with Crippen molar-refractivity contribution in [3.05, 3.63) is 156 Å². The number of hydrogen-bond donors (Lipinski definition) is 3. The van der Waals surface area contributed by atoms with Crippen molar-refractivity contribution in [2.75, 3.05) is 24.4 Å². The second-order valence-corrected chi connectivity index (χ2v) is 10.9. The van der Waals surface area contributed by atoms with E-state index in [9.17, 15) is 9.59 Å². The van der Waals surface area contributed by atoms with Crippen molar-refractivity contribution in [2.45, 2.75) is 18.5 Å². The lowest BCUT2D eigenvalue weighted by Crippen LogP contribution is -2.38. The summed E-state index contributed by atoms with van der Waals surface area (Å²) in [5.41, 5.74) is 3.50. The summed E-state index contributed by atoms with van der Waals surface area (Å²) < 4.78 is 6.98. The van der Waals surface area contributed by atoms with Crippen molar-refractivity contribution in [3.63, 3.8) is 0 Å². The number of benzene rings is 4. The zero-order chi connectivity index (χ0) is 31.9. The van der Waals surface area contributed by atoms with E-state index < -0.39 is 11.6 Å². The maximum Gasteiger partial charge on any atom is 0.320 e. The van der Waals surface area contributed by atoms with Crippen molar-refractivity contribution in [1.29, 1.82) is 0 Å². The second kappa shape index (κ2) is 13.5. The lowest BCUT2D eigenvalue weighted by molar-refractivity contribution is -0.119. The number of amides is 3. The molecule has 0 spiro atoms. The highest BCUT2D eigenvalue weighted by Gasteiger charge is 2.41. The van der Waals surface area contributed by atoms with Gasteiger partial charge in [0.2, 0.25) is 0 Å². The first-order chi connectivity index (χ1) is 22.5. The number of aromatic nitrogens is 3. The number of carbonyl (C=O) groups is 2. The monoisotopic (exact) mass is 610 g/mol. The Labute approximate surface area is 267 Å². The molecule has 1 unspecified atom stereocenters. The van der Waals surface area contributed by atoms with Crippen LogP contribution in [0.25, 0.3) is 10.9 Å². The summed E-state index contributed by atoms with van der Waals surface area (Å²) in [5, 5.41) is 14.5. The number of fused-ring (bicyclic) bond motifs is 1. The van der Waals surface area contributed by atoms with Crippen LogP contribution in [0.4, 0.5) is 16.4 Å². The van der Waals surface area contributed by atoms with Crippen LogP contribution in [-0.4, -0.2) is 40.4 Å². The first-order valence-corrected chi connectivity index (χ1v) is 15.0. The molecule has 6 rings (SSSR count). The summed E-state index contributed by atoms with van der Waals surface area (Å²) in [6, 6.07) is 41.2. The smallest absolute Gasteiger partial charge is 0.320 e. The first-order valence-electron chi connectivity index (χ1n) is 15.0. The molecule has 2 heterocycles. The molecular formula is C37H34N6O3. The topological polar surface area (TPSA) is 110 Å². The average Bonchev–Trinajstić information content (AvgIpc) is 3.44.